The second-order valence-corrected chi connectivity index (χ2v) is 24.8. The fraction of sp³-hybridized carbons (Fsp3) is 0.657. The Labute approximate surface area is 263 Å². The van der Waals surface area contributed by atoms with Crippen molar-refractivity contribution in [2.75, 3.05) is 6.61 Å². The molecule has 0 radical (unpaired) electrons. The third-order valence-corrected chi connectivity index (χ3v) is 19.0. The molecule has 0 aliphatic carbocycles. The van der Waals surface area contributed by atoms with Crippen molar-refractivity contribution in [3.8, 4) is 0 Å². The maximum atomic E-state index is 7.61. The molecule has 240 valence electrons. The van der Waals surface area contributed by atoms with E-state index in [4.69, 9.17) is 27.8 Å². The lowest BCUT2D eigenvalue weighted by molar-refractivity contribution is -0.353. The van der Waals surface area contributed by atoms with Gasteiger partial charge in [0.25, 0.3) is 8.32 Å². The van der Waals surface area contributed by atoms with E-state index in [1.54, 1.807) is 0 Å². The standard InChI is InChI=1S/C35H56O6Si2/c1-25(40-43(33(5,6)7,26-20-16-14-17-21-26)27-22-18-15-19-23-27)29-31(41-42(12,13)32(2,3)4)30(39-35(10,11)38-29)28-24-36-34(8,9)37-28/h14-23,25,28-31H,24H2,1-13H3/t25-,28-,29-,30+,31+/m0/s1. The predicted molar refractivity (Wildman–Crippen MR) is 179 cm³/mol. The third-order valence-electron chi connectivity index (χ3n) is 9.36. The SMILES string of the molecule is C[C@H](O[Si](c1ccccc1)(c1ccccc1)C(C)(C)C)[C@@H]1OC(C)(C)O[C@H]([C@@H]2COC(C)(C)O2)[C@@H]1O[Si](C)(C)C(C)(C)C. The molecule has 2 saturated heterocycles. The lowest BCUT2D eigenvalue weighted by Gasteiger charge is -2.53. The minimum atomic E-state index is -2.87. The molecule has 2 aromatic carbocycles. The van der Waals surface area contributed by atoms with Gasteiger partial charge in [-0.1, -0.05) is 102 Å². The summed E-state index contributed by atoms with van der Waals surface area (Å²) in [6, 6.07) is 21.5. The highest BCUT2D eigenvalue weighted by atomic mass is 28.4. The van der Waals surface area contributed by atoms with Crippen LogP contribution in [0.1, 0.15) is 76.2 Å². The molecule has 6 nitrogen and oxygen atoms in total. The van der Waals surface area contributed by atoms with Crippen molar-refractivity contribution in [3.05, 3.63) is 60.7 Å². The highest BCUT2D eigenvalue weighted by Crippen LogP contribution is 2.44. The van der Waals surface area contributed by atoms with Gasteiger partial charge >= 0.3 is 0 Å². The Balaban J connectivity index is 1.84. The summed E-state index contributed by atoms with van der Waals surface area (Å²) in [6.07, 6.45) is -1.83. The fourth-order valence-electron chi connectivity index (χ4n) is 6.22. The van der Waals surface area contributed by atoms with E-state index in [9.17, 15) is 0 Å². The van der Waals surface area contributed by atoms with Crippen LogP contribution in [0.25, 0.3) is 0 Å². The normalized spacial score (nSPS) is 27.2. The lowest BCUT2D eigenvalue weighted by atomic mass is 9.97. The highest BCUT2D eigenvalue weighted by molar-refractivity contribution is 6.99. The quantitative estimate of drug-likeness (QED) is 0.293. The van der Waals surface area contributed by atoms with Gasteiger partial charge in [0.2, 0.25) is 0 Å². The van der Waals surface area contributed by atoms with Crippen LogP contribution in [0.5, 0.6) is 0 Å². The van der Waals surface area contributed by atoms with Crippen LogP contribution in [0.4, 0.5) is 0 Å². The maximum absolute atomic E-state index is 7.61. The molecule has 5 atom stereocenters. The second-order valence-electron chi connectivity index (χ2n) is 15.8. The number of ether oxygens (including phenoxy) is 4. The molecule has 43 heavy (non-hydrogen) atoms. The zero-order valence-electron chi connectivity index (χ0n) is 28.8. The Morgan fingerprint density at radius 1 is 0.744 bits per heavy atom. The lowest BCUT2D eigenvalue weighted by Crippen LogP contribution is -2.71. The Kier molecular flexibility index (Phi) is 9.71. The van der Waals surface area contributed by atoms with Gasteiger partial charge in [0.15, 0.2) is 19.9 Å². The van der Waals surface area contributed by atoms with Crippen LogP contribution in [0.3, 0.4) is 0 Å². The van der Waals surface area contributed by atoms with Crippen LogP contribution in [0.2, 0.25) is 23.2 Å². The molecular weight excluding hydrogens is 573 g/mol. The molecule has 0 N–H and O–H groups in total. The van der Waals surface area contributed by atoms with Gasteiger partial charge < -0.3 is 27.8 Å². The van der Waals surface area contributed by atoms with Crippen LogP contribution in [0, 0.1) is 0 Å². The molecule has 2 aliphatic rings. The van der Waals surface area contributed by atoms with Crippen molar-refractivity contribution in [1.82, 2.24) is 0 Å². The number of rotatable bonds is 8. The molecule has 2 fully saturated rings. The van der Waals surface area contributed by atoms with E-state index in [0.29, 0.717) is 6.61 Å². The molecule has 0 unspecified atom stereocenters. The Morgan fingerprint density at radius 3 is 1.67 bits per heavy atom. The Morgan fingerprint density at radius 2 is 1.26 bits per heavy atom. The summed E-state index contributed by atoms with van der Waals surface area (Å²) in [6.45, 7) is 28.7. The van der Waals surface area contributed by atoms with Crippen LogP contribution in [0.15, 0.2) is 60.7 Å². The summed E-state index contributed by atoms with van der Waals surface area (Å²) in [4.78, 5) is 0. The monoisotopic (exact) mass is 628 g/mol. The first kappa shape index (κ1) is 34.5. The van der Waals surface area contributed by atoms with Crippen molar-refractivity contribution in [2.45, 2.75) is 141 Å². The van der Waals surface area contributed by atoms with Crippen molar-refractivity contribution in [1.29, 1.82) is 0 Å². The van der Waals surface area contributed by atoms with E-state index in [1.165, 1.54) is 10.4 Å². The average molecular weight is 629 g/mol. The number of hydrogen-bond donors (Lipinski definition) is 0. The molecule has 2 heterocycles. The van der Waals surface area contributed by atoms with Crippen molar-refractivity contribution >= 4 is 27.0 Å². The van der Waals surface area contributed by atoms with E-state index in [0.717, 1.165) is 0 Å². The van der Waals surface area contributed by atoms with Crippen LogP contribution in [-0.4, -0.2) is 65.3 Å². The molecule has 8 heteroatoms. The van der Waals surface area contributed by atoms with E-state index in [-0.39, 0.29) is 22.3 Å². The molecule has 0 spiro atoms. The Hall–Kier alpha value is -1.37. The van der Waals surface area contributed by atoms with Gasteiger partial charge in [-0.2, -0.15) is 0 Å². The summed E-state index contributed by atoms with van der Waals surface area (Å²) in [5.74, 6) is -1.56. The number of benzene rings is 2. The summed E-state index contributed by atoms with van der Waals surface area (Å²) in [5, 5.41) is 2.29. The summed E-state index contributed by atoms with van der Waals surface area (Å²) in [7, 11) is -5.14. The zero-order valence-corrected chi connectivity index (χ0v) is 30.8. The predicted octanol–water partition coefficient (Wildman–Crippen LogP) is 7.01. The molecule has 4 rings (SSSR count). The summed E-state index contributed by atoms with van der Waals surface area (Å²) < 4.78 is 40.9. The van der Waals surface area contributed by atoms with Crippen LogP contribution in [-0.2, 0) is 27.8 Å². The van der Waals surface area contributed by atoms with E-state index >= 15 is 0 Å². The Bertz CT molecular complexity index is 1160. The first-order valence-corrected chi connectivity index (χ1v) is 20.6. The van der Waals surface area contributed by atoms with Gasteiger partial charge in [-0.05, 0) is 68.2 Å². The smallest absolute Gasteiger partial charge is 0.261 e. The highest BCUT2D eigenvalue weighted by Gasteiger charge is 2.58. The van der Waals surface area contributed by atoms with Crippen LogP contribution < -0.4 is 10.4 Å². The van der Waals surface area contributed by atoms with Crippen LogP contribution >= 0.6 is 0 Å². The largest absolute Gasteiger partial charge is 0.408 e. The minimum absolute atomic E-state index is 0.0105. The number of hydrogen-bond acceptors (Lipinski definition) is 6. The van der Waals surface area contributed by atoms with Gasteiger partial charge in [0, 0.05) is 0 Å². The molecule has 2 aliphatic heterocycles. The molecule has 0 amide bonds. The van der Waals surface area contributed by atoms with E-state index < -0.39 is 46.5 Å². The maximum Gasteiger partial charge on any atom is 0.261 e. The topological polar surface area (TPSA) is 55.4 Å². The van der Waals surface area contributed by atoms with E-state index in [2.05, 4.69) is 122 Å². The van der Waals surface area contributed by atoms with E-state index in [1.807, 2.05) is 27.7 Å². The molecular formula is C35H56O6Si2. The zero-order chi connectivity index (χ0) is 32.1. The van der Waals surface area contributed by atoms with Gasteiger partial charge in [-0.25, -0.2) is 0 Å². The fourth-order valence-corrected chi connectivity index (χ4v) is 12.2. The van der Waals surface area contributed by atoms with Gasteiger partial charge in [0.1, 0.15) is 24.4 Å². The summed E-state index contributed by atoms with van der Waals surface area (Å²) in [5.41, 5.74) is 0. The second kappa shape index (κ2) is 12.1. The third kappa shape index (κ3) is 7.22. The molecule has 0 aromatic heterocycles. The first-order chi connectivity index (χ1) is 19.7. The van der Waals surface area contributed by atoms with Crippen molar-refractivity contribution in [2.24, 2.45) is 0 Å². The molecule has 0 bridgehead atoms. The minimum Gasteiger partial charge on any atom is -0.408 e. The first-order valence-electron chi connectivity index (χ1n) is 15.8. The van der Waals surface area contributed by atoms with Crippen molar-refractivity contribution in [3.63, 3.8) is 0 Å². The molecule has 2 aromatic rings. The van der Waals surface area contributed by atoms with Crippen molar-refractivity contribution < 1.29 is 27.8 Å². The summed E-state index contributed by atoms with van der Waals surface area (Å²) >= 11 is 0. The van der Waals surface area contributed by atoms with Gasteiger partial charge in [0.05, 0.1) is 12.7 Å². The van der Waals surface area contributed by atoms with Gasteiger partial charge in [-0.3, -0.25) is 0 Å². The van der Waals surface area contributed by atoms with Gasteiger partial charge in [-0.15, -0.1) is 0 Å². The average Bonchev–Trinajstić information content (AvgIpc) is 3.26. The molecule has 0 saturated carbocycles.